The fourth-order valence-corrected chi connectivity index (χ4v) is 6.89. The summed E-state index contributed by atoms with van der Waals surface area (Å²) >= 11 is 1.21. The van der Waals surface area contributed by atoms with Gasteiger partial charge in [-0.25, -0.2) is 8.42 Å². The van der Waals surface area contributed by atoms with Crippen molar-refractivity contribution in [2.75, 3.05) is 0 Å². The van der Waals surface area contributed by atoms with Crippen molar-refractivity contribution < 1.29 is 18.3 Å². The van der Waals surface area contributed by atoms with Gasteiger partial charge in [0.2, 0.25) is 0 Å². The highest BCUT2D eigenvalue weighted by Gasteiger charge is 2.51. The van der Waals surface area contributed by atoms with E-state index in [1.807, 2.05) is 6.92 Å². The Balaban J connectivity index is 2.02. The second-order valence-electron chi connectivity index (χ2n) is 5.90. The van der Waals surface area contributed by atoms with Crippen molar-refractivity contribution in [3.05, 3.63) is 17.0 Å². The molecular formula is C14H19NO4S2. The minimum Gasteiger partial charge on any atom is -0.480 e. The van der Waals surface area contributed by atoms with Crippen LogP contribution in [0.3, 0.4) is 0 Å². The molecule has 3 unspecified atom stereocenters. The summed E-state index contributed by atoms with van der Waals surface area (Å²) in [6.45, 7) is 1.85. The van der Waals surface area contributed by atoms with Crippen LogP contribution in [0, 0.1) is 12.8 Å². The van der Waals surface area contributed by atoms with Crippen LogP contribution in [0.4, 0.5) is 0 Å². The summed E-state index contributed by atoms with van der Waals surface area (Å²) < 4.78 is 27.3. The van der Waals surface area contributed by atoms with Crippen LogP contribution in [0.25, 0.3) is 0 Å². The second-order valence-corrected chi connectivity index (χ2v) is 9.26. The molecule has 2 heterocycles. The van der Waals surface area contributed by atoms with Gasteiger partial charge in [0.05, 0.1) is 0 Å². The number of sulfonamides is 1. The Morgan fingerprint density at radius 2 is 2.05 bits per heavy atom. The Bertz CT molecular complexity index is 652. The summed E-state index contributed by atoms with van der Waals surface area (Å²) in [5, 5.41) is 9.44. The van der Waals surface area contributed by atoms with Gasteiger partial charge >= 0.3 is 5.97 Å². The van der Waals surface area contributed by atoms with Crippen LogP contribution in [-0.2, 0) is 14.8 Å². The monoisotopic (exact) mass is 329 g/mol. The maximum Gasteiger partial charge on any atom is 0.322 e. The van der Waals surface area contributed by atoms with E-state index in [0.29, 0.717) is 6.42 Å². The molecule has 2 fully saturated rings. The average Bonchev–Trinajstić information content (AvgIpc) is 3.02. The van der Waals surface area contributed by atoms with Gasteiger partial charge in [0, 0.05) is 10.9 Å². The van der Waals surface area contributed by atoms with Crippen LogP contribution in [0.2, 0.25) is 0 Å². The number of nitrogens with zero attached hydrogens (tertiary/aromatic N) is 1. The maximum atomic E-state index is 12.9. The van der Waals surface area contributed by atoms with E-state index in [1.54, 1.807) is 12.1 Å². The minimum atomic E-state index is -3.71. The number of aryl methyl sites for hydroxylation is 1. The fraction of sp³-hybridized carbons (Fsp3) is 0.643. The summed E-state index contributed by atoms with van der Waals surface area (Å²) in [5.74, 6) is -0.836. The Hall–Kier alpha value is -0.920. The third kappa shape index (κ3) is 2.51. The van der Waals surface area contributed by atoms with E-state index in [-0.39, 0.29) is 16.2 Å². The third-order valence-corrected chi connectivity index (χ3v) is 7.96. The van der Waals surface area contributed by atoms with Gasteiger partial charge in [0.15, 0.2) is 0 Å². The molecule has 1 N–H and O–H groups in total. The van der Waals surface area contributed by atoms with Gasteiger partial charge in [-0.05, 0) is 44.2 Å². The van der Waals surface area contributed by atoms with E-state index < -0.39 is 22.0 Å². The van der Waals surface area contributed by atoms with Crippen LogP contribution in [0.15, 0.2) is 16.3 Å². The molecule has 0 aromatic carbocycles. The number of hydrogen-bond donors (Lipinski definition) is 1. The van der Waals surface area contributed by atoms with Gasteiger partial charge in [-0.15, -0.1) is 11.3 Å². The lowest BCUT2D eigenvalue weighted by Crippen LogP contribution is -2.45. The largest absolute Gasteiger partial charge is 0.480 e. The lowest BCUT2D eigenvalue weighted by Gasteiger charge is -2.31. The quantitative estimate of drug-likeness (QED) is 0.924. The van der Waals surface area contributed by atoms with Crippen molar-refractivity contribution in [3.63, 3.8) is 0 Å². The predicted molar refractivity (Wildman–Crippen MR) is 79.9 cm³/mol. The Kier molecular flexibility index (Phi) is 3.83. The number of carbonyl (C=O) groups is 1. The summed E-state index contributed by atoms with van der Waals surface area (Å²) in [6.07, 6.45) is 4.20. The molecule has 1 aromatic heterocycles. The summed E-state index contributed by atoms with van der Waals surface area (Å²) in [5.41, 5.74) is 0. The lowest BCUT2D eigenvalue weighted by atomic mass is 9.85. The highest BCUT2D eigenvalue weighted by atomic mass is 32.2. The molecule has 1 saturated carbocycles. The van der Waals surface area contributed by atoms with Gasteiger partial charge < -0.3 is 5.11 Å². The van der Waals surface area contributed by atoms with Gasteiger partial charge in [0.1, 0.15) is 10.3 Å². The minimum absolute atomic E-state index is 0.146. The zero-order valence-electron chi connectivity index (χ0n) is 11.9. The number of rotatable bonds is 3. The molecule has 1 aliphatic carbocycles. The van der Waals surface area contributed by atoms with E-state index in [2.05, 4.69) is 0 Å². The van der Waals surface area contributed by atoms with Crippen molar-refractivity contribution in [2.24, 2.45) is 5.92 Å². The van der Waals surface area contributed by atoms with E-state index in [1.165, 1.54) is 15.6 Å². The topological polar surface area (TPSA) is 74.7 Å². The summed E-state index contributed by atoms with van der Waals surface area (Å²) in [4.78, 5) is 12.5. The van der Waals surface area contributed by atoms with Crippen LogP contribution in [0.5, 0.6) is 0 Å². The van der Waals surface area contributed by atoms with Crippen LogP contribution < -0.4 is 0 Å². The lowest BCUT2D eigenvalue weighted by molar-refractivity contribution is -0.140. The normalized spacial score (nSPS) is 30.2. The smallest absolute Gasteiger partial charge is 0.322 e. The van der Waals surface area contributed by atoms with Crippen LogP contribution >= 0.6 is 11.3 Å². The van der Waals surface area contributed by atoms with Crippen molar-refractivity contribution in [2.45, 2.75) is 55.3 Å². The van der Waals surface area contributed by atoms with Gasteiger partial charge in [-0.2, -0.15) is 4.31 Å². The molecule has 0 amide bonds. The summed E-state index contributed by atoms with van der Waals surface area (Å²) in [6, 6.07) is 2.30. The molecule has 1 aromatic rings. The molecule has 1 aliphatic heterocycles. The molecule has 1 saturated heterocycles. The highest BCUT2D eigenvalue weighted by Crippen LogP contribution is 2.43. The van der Waals surface area contributed by atoms with Crippen molar-refractivity contribution in [1.82, 2.24) is 4.31 Å². The van der Waals surface area contributed by atoms with Gasteiger partial charge in [-0.1, -0.05) is 12.8 Å². The zero-order valence-corrected chi connectivity index (χ0v) is 13.5. The fourth-order valence-electron chi connectivity index (χ4n) is 3.63. The third-order valence-electron chi connectivity index (χ3n) is 4.56. The molecule has 21 heavy (non-hydrogen) atoms. The zero-order chi connectivity index (χ0) is 15.2. The number of thiophene rings is 1. The standard InChI is InChI=1S/C14H19NO4S2/c1-9-6-7-13(20-9)21(18,19)15-11-5-3-2-4-10(11)8-12(15)14(16)17/h6-7,10-12H,2-5,8H2,1H3,(H,16,17). The van der Waals surface area contributed by atoms with Crippen LogP contribution in [0.1, 0.15) is 37.0 Å². The number of carboxylic acids is 1. The first-order valence-electron chi connectivity index (χ1n) is 7.24. The predicted octanol–water partition coefficient (Wildman–Crippen LogP) is 2.46. The molecule has 2 aliphatic rings. The Labute approximate surface area is 128 Å². The first-order valence-corrected chi connectivity index (χ1v) is 9.49. The Morgan fingerprint density at radius 1 is 1.33 bits per heavy atom. The maximum absolute atomic E-state index is 12.9. The molecule has 0 bridgehead atoms. The van der Waals surface area contributed by atoms with E-state index >= 15 is 0 Å². The molecule has 0 spiro atoms. The second kappa shape index (κ2) is 5.37. The van der Waals surface area contributed by atoms with Gasteiger partial charge in [0.25, 0.3) is 10.0 Å². The van der Waals surface area contributed by atoms with E-state index in [4.69, 9.17) is 0 Å². The van der Waals surface area contributed by atoms with Crippen LogP contribution in [-0.4, -0.2) is 35.9 Å². The number of carboxylic acid groups (broad SMARTS) is 1. The Morgan fingerprint density at radius 3 is 2.67 bits per heavy atom. The molecular weight excluding hydrogens is 310 g/mol. The van der Waals surface area contributed by atoms with E-state index in [9.17, 15) is 18.3 Å². The SMILES string of the molecule is Cc1ccc(S(=O)(=O)N2C(C(=O)O)CC3CCCCC32)s1. The van der Waals surface area contributed by atoms with Crippen molar-refractivity contribution >= 4 is 27.3 Å². The van der Waals surface area contributed by atoms with Crippen molar-refractivity contribution in [3.8, 4) is 0 Å². The number of hydrogen-bond acceptors (Lipinski definition) is 4. The molecule has 5 nitrogen and oxygen atoms in total. The average molecular weight is 329 g/mol. The molecule has 3 rings (SSSR count). The first kappa shape index (κ1) is 15.0. The highest BCUT2D eigenvalue weighted by molar-refractivity contribution is 7.91. The molecule has 116 valence electrons. The van der Waals surface area contributed by atoms with Gasteiger partial charge in [-0.3, -0.25) is 4.79 Å². The summed E-state index contributed by atoms with van der Waals surface area (Å²) in [7, 11) is -3.71. The molecule has 3 atom stereocenters. The van der Waals surface area contributed by atoms with E-state index in [0.717, 1.165) is 30.6 Å². The molecule has 0 radical (unpaired) electrons. The number of aliphatic carboxylic acids is 1. The van der Waals surface area contributed by atoms with Crippen molar-refractivity contribution in [1.29, 1.82) is 0 Å². The molecule has 7 heteroatoms. The first-order chi connectivity index (χ1) is 9.91. The number of fused-ring (bicyclic) bond motifs is 1.